The molecule has 4 unspecified atom stereocenters. The second-order valence-corrected chi connectivity index (χ2v) is 8.95. The number of carbonyl (C=O) groups excluding carboxylic acids is 3. The van der Waals surface area contributed by atoms with Gasteiger partial charge in [0.1, 0.15) is 6.54 Å². The second kappa shape index (κ2) is 8.56. The summed E-state index contributed by atoms with van der Waals surface area (Å²) in [5, 5.41) is 3.31. The van der Waals surface area contributed by atoms with Crippen LogP contribution in [0.25, 0.3) is 0 Å². The topological polar surface area (TPSA) is 79.0 Å². The van der Waals surface area contributed by atoms with Crippen LogP contribution in [0.5, 0.6) is 0 Å². The fourth-order valence-electron chi connectivity index (χ4n) is 5.16. The minimum atomic E-state index is -0.764. The Kier molecular flexibility index (Phi) is 5.61. The number of nitrogens with one attached hydrogen (secondary N) is 1. The Balaban J connectivity index is 1.45. The summed E-state index contributed by atoms with van der Waals surface area (Å²) in [5.41, 5.74) is 1.03. The van der Waals surface area contributed by atoms with Crippen molar-refractivity contribution in [3.63, 3.8) is 0 Å². The highest BCUT2D eigenvalue weighted by atomic mass is 35.5. The van der Waals surface area contributed by atoms with Crippen LogP contribution < -0.4 is 10.2 Å². The number of hydrogen-bond donors (Lipinski definition) is 1. The molecular formula is C24H24ClN3O4. The fraction of sp³-hybridized carbons (Fsp3) is 0.375. The average molecular weight is 454 g/mol. The summed E-state index contributed by atoms with van der Waals surface area (Å²) in [7, 11) is 0. The number of anilines is 2. The molecule has 3 fully saturated rings. The lowest BCUT2D eigenvalue weighted by Gasteiger charge is -2.42. The highest BCUT2D eigenvalue weighted by Crippen LogP contribution is 2.43. The van der Waals surface area contributed by atoms with Gasteiger partial charge >= 0.3 is 6.03 Å². The van der Waals surface area contributed by atoms with Crippen LogP contribution in [0.1, 0.15) is 25.7 Å². The number of para-hydroxylation sites is 1. The van der Waals surface area contributed by atoms with Gasteiger partial charge < -0.3 is 15.0 Å². The Morgan fingerprint density at radius 1 is 1.06 bits per heavy atom. The van der Waals surface area contributed by atoms with Gasteiger partial charge in [0, 0.05) is 16.6 Å². The molecule has 3 aliphatic rings. The fourth-order valence-corrected chi connectivity index (χ4v) is 5.35. The smallest absolute Gasteiger partial charge is 0.332 e. The van der Waals surface area contributed by atoms with Crippen LogP contribution in [-0.4, -0.2) is 47.5 Å². The minimum Gasteiger partial charge on any atom is -0.363 e. The molecule has 1 saturated carbocycles. The highest BCUT2D eigenvalue weighted by molar-refractivity contribution is 6.30. The quantitative estimate of drug-likeness (QED) is 0.756. The number of fused-ring (bicyclic) bond motifs is 3. The predicted octanol–water partition coefficient (Wildman–Crippen LogP) is 4.07. The molecule has 2 aromatic rings. The first-order chi connectivity index (χ1) is 15.5. The van der Waals surface area contributed by atoms with E-state index in [0.29, 0.717) is 16.4 Å². The van der Waals surface area contributed by atoms with E-state index in [1.54, 1.807) is 48.5 Å². The van der Waals surface area contributed by atoms with E-state index in [1.165, 1.54) is 4.90 Å². The number of ether oxygens (including phenoxy) is 1. The predicted molar refractivity (Wildman–Crippen MR) is 121 cm³/mol. The lowest BCUT2D eigenvalue weighted by atomic mass is 9.81. The zero-order valence-electron chi connectivity index (χ0n) is 17.4. The third-order valence-electron chi connectivity index (χ3n) is 6.52. The number of carbonyl (C=O) groups is 3. The van der Waals surface area contributed by atoms with Gasteiger partial charge in [-0.2, -0.15) is 0 Å². The Labute approximate surface area is 191 Å². The first kappa shape index (κ1) is 21.0. The van der Waals surface area contributed by atoms with Crippen LogP contribution in [0.3, 0.4) is 0 Å². The van der Waals surface area contributed by atoms with Gasteiger partial charge in [0.05, 0.1) is 17.8 Å². The van der Waals surface area contributed by atoms with Crippen LogP contribution in [0.2, 0.25) is 5.02 Å². The molecular weight excluding hydrogens is 430 g/mol. The van der Waals surface area contributed by atoms with Gasteiger partial charge in [-0.15, -0.1) is 0 Å². The molecule has 0 bridgehead atoms. The number of urea groups is 1. The van der Waals surface area contributed by atoms with Gasteiger partial charge in [0.15, 0.2) is 6.10 Å². The molecule has 8 heteroatoms. The molecule has 0 aromatic heterocycles. The van der Waals surface area contributed by atoms with Crippen LogP contribution in [0.15, 0.2) is 54.6 Å². The number of nitrogens with zero attached hydrogens (tertiary/aromatic N) is 2. The first-order valence-electron chi connectivity index (χ1n) is 10.9. The van der Waals surface area contributed by atoms with Gasteiger partial charge in [-0.05, 0) is 43.2 Å². The Hall–Kier alpha value is -2.90. The number of hydrogen-bond acceptors (Lipinski definition) is 4. The monoisotopic (exact) mass is 453 g/mol. The van der Waals surface area contributed by atoms with Crippen molar-refractivity contribution in [1.82, 2.24) is 4.90 Å². The first-order valence-corrected chi connectivity index (χ1v) is 11.3. The van der Waals surface area contributed by atoms with E-state index >= 15 is 0 Å². The molecule has 7 nitrogen and oxygen atoms in total. The van der Waals surface area contributed by atoms with E-state index in [2.05, 4.69) is 5.32 Å². The Bertz CT molecular complexity index is 1050. The molecule has 32 heavy (non-hydrogen) atoms. The molecule has 0 radical (unpaired) electrons. The summed E-state index contributed by atoms with van der Waals surface area (Å²) in [6.07, 6.45) is 2.99. The summed E-state index contributed by atoms with van der Waals surface area (Å²) in [4.78, 5) is 42.5. The van der Waals surface area contributed by atoms with Gasteiger partial charge in [0.25, 0.3) is 5.91 Å². The number of imide groups is 1. The van der Waals surface area contributed by atoms with Crippen LogP contribution in [-0.2, 0) is 14.3 Å². The summed E-state index contributed by atoms with van der Waals surface area (Å²) in [6.45, 7) is -0.171. The molecule has 2 aromatic carbocycles. The lowest BCUT2D eigenvalue weighted by Crippen LogP contribution is -2.65. The van der Waals surface area contributed by atoms with Crippen LogP contribution in [0.4, 0.5) is 16.2 Å². The van der Waals surface area contributed by atoms with E-state index in [9.17, 15) is 14.4 Å². The average Bonchev–Trinajstić information content (AvgIpc) is 3.17. The third kappa shape index (κ3) is 3.76. The molecule has 2 heterocycles. The highest BCUT2D eigenvalue weighted by Gasteiger charge is 2.57. The van der Waals surface area contributed by atoms with Crippen molar-refractivity contribution in [1.29, 1.82) is 0 Å². The van der Waals surface area contributed by atoms with Crippen molar-refractivity contribution in [2.75, 3.05) is 16.8 Å². The van der Waals surface area contributed by atoms with Crippen molar-refractivity contribution in [3.8, 4) is 0 Å². The molecule has 2 aliphatic heterocycles. The Morgan fingerprint density at radius 2 is 1.84 bits per heavy atom. The van der Waals surface area contributed by atoms with Crippen molar-refractivity contribution in [2.24, 2.45) is 5.92 Å². The van der Waals surface area contributed by atoms with Crippen LogP contribution in [0, 0.1) is 5.92 Å². The molecule has 0 spiro atoms. The standard InChI is InChI=1S/C24H24ClN3O4/c25-15-7-6-8-16(13-15)26-20(29)14-27-21-18-11-4-5-12-19(18)32-22(21)23(30)28(24(27)31)17-9-2-1-3-10-17/h1-3,6-10,13,18-19,21-22H,4-5,11-12,14H2,(H,26,29). The number of benzene rings is 2. The largest absolute Gasteiger partial charge is 0.363 e. The third-order valence-corrected chi connectivity index (χ3v) is 6.76. The zero-order valence-corrected chi connectivity index (χ0v) is 18.2. The van der Waals surface area contributed by atoms with E-state index in [-0.39, 0.29) is 30.4 Å². The SMILES string of the molecule is O=C(CN1C(=O)N(c2ccccc2)C(=O)C2OC3CCCCC3C21)Nc1cccc(Cl)c1. The van der Waals surface area contributed by atoms with Gasteiger partial charge in [-0.3, -0.25) is 9.59 Å². The summed E-state index contributed by atoms with van der Waals surface area (Å²) < 4.78 is 6.19. The molecule has 5 rings (SSSR count). The summed E-state index contributed by atoms with van der Waals surface area (Å²) in [5.74, 6) is -0.647. The zero-order chi connectivity index (χ0) is 22.2. The van der Waals surface area contributed by atoms with Crippen molar-refractivity contribution < 1.29 is 19.1 Å². The summed E-state index contributed by atoms with van der Waals surface area (Å²) >= 11 is 6.02. The van der Waals surface area contributed by atoms with E-state index < -0.39 is 18.2 Å². The molecule has 4 amide bonds. The summed E-state index contributed by atoms with van der Waals surface area (Å²) in [6, 6.07) is 14.7. The van der Waals surface area contributed by atoms with E-state index in [0.717, 1.165) is 30.6 Å². The van der Waals surface area contributed by atoms with Crippen molar-refractivity contribution >= 4 is 40.8 Å². The van der Waals surface area contributed by atoms with E-state index in [1.807, 2.05) is 6.07 Å². The van der Waals surface area contributed by atoms with Crippen molar-refractivity contribution in [3.05, 3.63) is 59.6 Å². The number of rotatable bonds is 4. The molecule has 166 valence electrons. The molecule has 4 atom stereocenters. The maximum absolute atomic E-state index is 13.6. The lowest BCUT2D eigenvalue weighted by molar-refractivity contribution is -0.133. The van der Waals surface area contributed by atoms with Gasteiger partial charge in [-0.1, -0.05) is 48.7 Å². The Morgan fingerprint density at radius 3 is 2.62 bits per heavy atom. The maximum Gasteiger partial charge on any atom is 0.332 e. The molecule has 2 saturated heterocycles. The molecule has 1 aliphatic carbocycles. The van der Waals surface area contributed by atoms with Gasteiger partial charge in [0.2, 0.25) is 5.91 Å². The van der Waals surface area contributed by atoms with Crippen LogP contribution >= 0.6 is 11.6 Å². The van der Waals surface area contributed by atoms with Gasteiger partial charge in [-0.25, -0.2) is 9.69 Å². The normalized spacial score (nSPS) is 27.2. The maximum atomic E-state index is 13.6. The molecule has 1 N–H and O–H groups in total. The van der Waals surface area contributed by atoms with E-state index in [4.69, 9.17) is 16.3 Å². The number of amides is 4. The minimum absolute atomic E-state index is 0.0542. The number of halogens is 1. The second-order valence-electron chi connectivity index (χ2n) is 8.51. The van der Waals surface area contributed by atoms with Crippen molar-refractivity contribution in [2.45, 2.75) is 43.9 Å².